The van der Waals surface area contributed by atoms with Crippen LogP contribution in [0.5, 0.6) is 0 Å². The van der Waals surface area contributed by atoms with Gasteiger partial charge in [0.1, 0.15) is 0 Å². The molecule has 1 aliphatic carbocycles. The van der Waals surface area contributed by atoms with Crippen molar-refractivity contribution in [1.29, 1.82) is 0 Å². The van der Waals surface area contributed by atoms with Crippen LogP contribution < -0.4 is 10.6 Å². The van der Waals surface area contributed by atoms with Crippen molar-refractivity contribution >= 4 is 17.3 Å². The molecule has 1 saturated carbocycles. The number of thiazole rings is 1. The molecule has 1 fully saturated rings. The SMILES string of the molecule is CCNC(=NCC1(CCOC)CCC1)NCCc1csc(C)n1. The van der Waals surface area contributed by atoms with Crippen molar-refractivity contribution in [3.05, 3.63) is 16.1 Å². The molecule has 0 amide bonds. The zero-order chi connectivity index (χ0) is 16.5. The number of rotatable bonds is 9. The number of ether oxygens (including phenoxy) is 1. The number of guanidine groups is 1. The summed E-state index contributed by atoms with van der Waals surface area (Å²) in [5, 5.41) is 10.0. The van der Waals surface area contributed by atoms with Crippen molar-refractivity contribution in [3.63, 3.8) is 0 Å². The molecule has 0 bridgehead atoms. The Labute approximate surface area is 144 Å². The van der Waals surface area contributed by atoms with Crippen LogP contribution >= 0.6 is 11.3 Å². The molecular weight excluding hydrogens is 308 g/mol. The first-order chi connectivity index (χ1) is 11.2. The number of methoxy groups -OCH3 is 1. The molecule has 0 aromatic carbocycles. The molecule has 0 radical (unpaired) electrons. The Morgan fingerprint density at radius 2 is 2.26 bits per heavy atom. The van der Waals surface area contributed by atoms with Crippen LogP contribution in [-0.2, 0) is 11.2 Å². The second kappa shape index (κ2) is 9.23. The average molecular weight is 339 g/mol. The third-order valence-electron chi connectivity index (χ3n) is 4.51. The van der Waals surface area contributed by atoms with Crippen LogP contribution in [0.4, 0.5) is 0 Å². The summed E-state index contributed by atoms with van der Waals surface area (Å²) in [6, 6.07) is 0. The molecule has 2 rings (SSSR count). The summed E-state index contributed by atoms with van der Waals surface area (Å²) >= 11 is 1.71. The van der Waals surface area contributed by atoms with Crippen molar-refractivity contribution in [2.45, 2.75) is 46.0 Å². The average Bonchev–Trinajstić information content (AvgIpc) is 2.91. The van der Waals surface area contributed by atoms with Crippen molar-refractivity contribution in [2.24, 2.45) is 10.4 Å². The quantitative estimate of drug-likeness (QED) is 0.537. The van der Waals surface area contributed by atoms with Crippen molar-refractivity contribution in [2.75, 3.05) is 33.4 Å². The van der Waals surface area contributed by atoms with Gasteiger partial charge < -0.3 is 15.4 Å². The number of aliphatic imine (C=N–C) groups is 1. The monoisotopic (exact) mass is 338 g/mol. The summed E-state index contributed by atoms with van der Waals surface area (Å²) in [4.78, 5) is 9.32. The highest BCUT2D eigenvalue weighted by Crippen LogP contribution is 2.44. The molecule has 1 aromatic heterocycles. The van der Waals surface area contributed by atoms with E-state index >= 15 is 0 Å². The van der Waals surface area contributed by atoms with Crippen LogP contribution in [0, 0.1) is 12.3 Å². The second-order valence-electron chi connectivity index (χ2n) is 6.33. The van der Waals surface area contributed by atoms with Gasteiger partial charge in [0.15, 0.2) is 5.96 Å². The van der Waals surface area contributed by atoms with Gasteiger partial charge in [-0.1, -0.05) is 6.42 Å². The van der Waals surface area contributed by atoms with E-state index in [0.29, 0.717) is 5.41 Å². The van der Waals surface area contributed by atoms with E-state index in [9.17, 15) is 0 Å². The molecule has 6 heteroatoms. The number of hydrogen-bond donors (Lipinski definition) is 2. The highest BCUT2D eigenvalue weighted by Gasteiger charge is 2.36. The summed E-state index contributed by atoms with van der Waals surface area (Å²) in [6.45, 7) is 7.62. The molecule has 2 N–H and O–H groups in total. The van der Waals surface area contributed by atoms with Crippen LogP contribution in [0.1, 0.15) is 43.3 Å². The number of nitrogens with one attached hydrogen (secondary N) is 2. The molecule has 0 saturated heterocycles. The molecule has 130 valence electrons. The number of aromatic nitrogens is 1. The number of aryl methyl sites for hydroxylation is 1. The summed E-state index contributed by atoms with van der Waals surface area (Å²) in [6.07, 6.45) is 5.93. The topological polar surface area (TPSA) is 58.5 Å². The molecule has 5 nitrogen and oxygen atoms in total. The van der Waals surface area contributed by atoms with Crippen LogP contribution in [0.2, 0.25) is 0 Å². The lowest BCUT2D eigenvalue weighted by Crippen LogP contribution is -2.41. The minimum atomic E-state index is 0.365. The summed E-state index contributed by atoms with van der Waals surface area (Å²) < 4.78 is 5.26. The van der Waals surface area contributed by atoms with Crippen LogP contribution in [-0.4, -0.2) is 44.3 Å². The smallest absolute Gasteiger partial charge is 0.191 e. The van der Waals surface area contributed by atoms with E-state index < -0.39 is 0 Å². The molecule has 1 heterocycles. The first-order valence-electron chi connectivity index (χ1n) is 8.59. The number of nitrogens with zero attached hydrogens (tertiary/aromatic N) is 2. The maximum Gasteiger partial charge on any atom is 0.191 e. The highest BCUT2D eigenvalue weighted by molar-refractivity contribution is 7.09. The fourth-order valence-corrected chi connectivity index (χ4v) is 3.55. The molecule has 1 aliphatic rings. The van der Waals surface area contributed by atoms with E-state index in [2.05, 4.69) is 27.9 Å². The predicted octanol–water partition coefficient (Wildman–Crippen LogP) is 2.76. The Bertz CT molecular complexity index is 497. The Morgan fingerprint density at radius 1 is 1.43 bits per heavy atom. The van der Waals surface area contributed by atoms with Gasteiger partial charge in [0, 0.05) is 45.2 Å². The Kier molecular flexibility index (Phi) is 7.30. The predicted molar refractivity (Wildman–Crippen MR) is 97.3 cm³/mol. The zero-order valence-corrected chi connectivity index (χ0v) is 15.5. The summed E-state index contributed by atoms with van der Waals surface area (Å²) in [5.74, 6) is 0.920. The maximum absolute atomic E-state index is 5.26. The van der Waals surface area contributed by atoms with E-state index in [1.807, 2.05) is 6.92 Å². The fraction of sp³-hybridized carbons (Fsp3) is 0.765. The van der Waals surface area contributed by atoms with Gasteiger partial charge in [-0.05, 0) is 38.5 Å². The Hall–Kier alpha value is -1.14. The van der Waals surface area contributed by atoms with Crippen molar-refractivity contribution < 1.29 is 4.74 Å². The third-order valence-corrected chi connectivity index (χ3v) is 5.33. The summed E-state index contributed by atoms with van der Waals surface area (Å²) in [5.41, 5.74) is 1.52. The fourth-order valence-electron chi connectivity index (χ4n) is 2.90. The van der Waals surface area contributed by atoms with E-state index in [1.54, 1.807) is 18.4 Å². The van der Waals surface area contributed by atoms with E-state index in [4.69, 9.17) is 9.73 Å². The lowest BCUT2D eigenvalue weighted by Gasteiger charge is -2.40. The van der Waals surface area contributed by atoms with Gasteiger partial charge in [0.2, 0.25) is 0 Å². The zero-order valence-electron chi connectivity index (χ0n) is 14.7. The van der Waals surface area contributed by atoms with Gasteiger partial charge >= 0.3 is 0 Å². The minimum absolute atomic E-state index is 0.365. The largest absolute Gasteiger partial charge is 0.385 e. The first kappa shape index (κ1) is 18.2. The Balaban J connectivity index is 1.81. The van der Waals surface area contributed by atoms with Crippen molar-refractivity contribution in [3.8, 4) is 0 Å². The molecule has 0 unspecified atom stereocenters. The number of hydrogen-bond acceptors (Lipinski definition) is 4. The molecule has 1 aromatic rings. The highest BCUT2D eigenvalue weighted by atomic mass is 32.1. The van der Waals surface area contributed by atoms with E-state index in [0.717, 1.165) is 55.7 Å². The minimum Gasteiger partial charge on any atom is -0.385 e. The molecule has 23 heavy (non-hydrogen) atoms. The normalized spacial score (nSPS) is 16.9. The van der Waals surface area contributed by atoms with Crippen LogP contribution in [0.15, 0.2) is 10.4 Å². The van der Waals surface area contributed by atoms with Gasteiger partial charge in [-0.25, -0.2) is 4.98 Å². The van der Waals surface area contributed by atoms with Gasteiger partial charge in [-0.2, -0.15) is 0 Å². The second-order valence-corrected chi connectivity index (χ2v) is 7.39. The molecule has 0 spiro atoms. The van der Waals surface area contributed by atoms with Gasteiger partial charge in [0.05, 0.1) is 10.7 Å². The van der Waals surface area contributed by atoms with Gasteiger partial charge in [0.25, 0.3) is 0 Å². The molecule has 0 atom stereocenters. The first-order valence-corrected chi connectivity index (χ1v) is 9.47. The molecule has 0 aliphatic heterocycles. The standard InChI is InChI=1S/C17H30N4OS/c1-4-18-16(19-10-6-15-12-23-14(2)21-15)20-13-17(7-5-8-17)9-11-22-3/h12H,4-11,13H2,1-3H3,(H2,18,19,20). The lowest BCUT2D eigenvalue weighted by molar-refractivity contribution is 0.0778. The lowest BCUT2D eigenvalue weighted by atomic mass is 9.67. The Morgan fingerprint density at radius 3 is 2.83 bits per heavy atom. The van der Waals surface area contributed by atoms with Gasteiger partial charge in [-0.3, -0.25) is 4.99 Å². The van der Waals surface area contributed by atoms with E-state index in [1.165, 1.54) is 19.3 Å². The van der Waals surface area contributed by atoms with E-state index in [-0.39, 0.29) is 0 Å². The van der Waals surface area contributed by atoms with Crippen LogP contribution in [0.25, 0.3) is 0 Å². The van der Waals surface area contributed by atoms with Gasteiger partial charge in [-0.15, -0.1) is 11.3 Å². The maximum atomic E-state index is 5.26. The molecular formula is C17H30N4OS. The van der Waals surface area contributed by atoms with Crippen molar-refractivity contribution in [1.82, 2.24) is 15.6 Å². The summed E-state index contributed by atoms with van der Waals surface area (Å²) in [7, 11) is 1.78. The van der Waals surface area contributed by atoms with Crippen LogP contribution in [0.3, 0.4) is 0 Å². The third kappa shape index (κ3) is 5.77.